The first-order valence-corrected chi connectivity index (χ1v) is 6.37. The summed E-state index contributed by atoms with van der Waals surface area (Å²) in [7, 11) is -3.46. The molecular weight excluding hydrogens is 222 g/mol. The van der Waals surface area contributed by atoms with Gasteiger partial charge in [0, 0.05) is 19.7 Å². The van der Waals surface area contributed by atoms with E-state index in [1.807, 2.05) is 0 Å². The maximum atomic E-state index is 11.6. The van der Waals surface area contributed by atoms with Crippen LogP contribution in [0, 0.1) is 5.92 Å². The minimum Gasteiger partial charge on any atom is -0.481 e. The standard InChI is InChI=1S/C8H15NO5S/c10-6-7-1-3-9(5-7)15(13,14)4-2-8(11)12/h7,10H,1-6H2,(H,11,12). The van der Waals surface area contributed by atoms with Gasteiger partial charge in [0.25, 0.3) is 0 Å². The summed E-state index contributed by atoms with van der Waals surface area (Å²) in [4.78, 5) is 10.3. The molecule has 1 aliphatic heterocycles. The third kappa shape index (κ3) is 3.44. The van der Waals surface area contributed by atoms with Gasteiger partial charge in [-0.2, -0.15) is 0 Å². The fraction of sp³-hybridized carbons (Fsp3) is 0.875. The van der Waals surface area contributed by atoms with Gasteiger partial charge in [0.05, 0.1) is 12.2 Å². The van der Waals surface area contributed by atoms with Gasteiger partial charge in [0.2, 0.25) is 10.0 Å². The van der Waals surface area contributed by atoms with Crippen molar-refractivity contribution in [3.05, 3.63) is 0 Å². The van der Waals surface area contributed by atoms with Crippen molar-refractivity contribution in [1.82, 2.24) is 4.31 Å². The Morgan fingerprint density at radius 1 is 1.47 bits per heavy atom. The lowest BCUT2D eigenvalue weighted by molar-refractivity contribution is -0.136. The maximum absolute atomic E-state index is 11.6. The number of carboxylic acids is 1. The van der Waals surface area contributed by atoms with Gasteiger partial charge >= 0.3 is 5.97 Å². The number of aliphatic carboxylic acids is 1. The second-order valence-electron chi connectivity index (χ2n) is 3.66. The molecular formula is C8H15NO5S. The monoisotopic (exact) mass is 237 g/mol. The molecule has 0 aliphatic carbocycles. The number of sulfonamides is 1. The first-order chi connectivity index (χ1) is 6.95. The van der Waals surface area contributed by atoms with Crippen molar-refractivity contribution in [3.8, 4) is 0 Å². The molecule has 88 valence electrons. The highest BCUT2D eigenvalue weighted by Gasteiger charge is 2.30. The molecule has 7 heteroatoms. The fourth-order valence-electron chi connectivity index (χ4n) is 1.54. The topological polar surface area (TPSA) is 94.9 Å². The average molecular weight is 237 g/mol. The van der Waals surface area contributed by atoms with E-state index in [1.54, 1.807) is 0 Å². The molecule has 0 amide bonds. The van der Waals surface area contributed by atoms with E-state index in [9.17, 15) is 13.2 Å². The van der Waals surface area contributed by atoms with Gasteiger partial charge < -0.3 is 10.2 Å². The lowest BCUT2D eigenvalue weighted by Gasteiger charge is -2.15. The van der Waals surface area contributed by atoms with Crippen molar-refractivity contribution in [1.29, 1.82) is 0 Å². The summed E-state index contributed by atoms with van der Waals surface area (Å²) in [5.41, 5.74) is 0. The molecule has 1 aliphatic rings. The third-order valence-corrected chi connectivity index (χ3v) is 4.31. The molecule has 1 atom stereocenters. The molecule has 1 rings (SSSR count). The van der Waals surface area contributed by atoms with E-state index in [4.69, 9.17) is 10.2 Å². The van der Waals surface area contributed by atoms with Crippen LogP contribution >= 0.6 is 0 Å². The second kappa shape index (κ2) is 4.91. The predicted octanol–water partition coefficient (Wildman–Crippen LogP) is -0.895. The molecule has 0 aromatic heterocycles. The Morgan fingerprint density at radius 2 is 2.13 bits per heavy atom. The molecule has 1 heterocycles. The smallest absolute Gasteiger partial charge is 0.304 e. The number of aliphatic hydroxyl groups excluding tert-OH is 1. The van der Waals surface area contributed by atoms with E-state index < -0.39 is 16.0 Å². The number of hydrogen-bond donors (Lipinski definition) is 2. The maximum Gasteiger partial charge on any atom is 0.304 e. The quantitative estimate of drug-likeness (QED) is 0.646. The number of nitrogens with zero attached hydrogens (tertiary/aromatic N) is 1. The van der Waals surface area contributed by atoms with Crippen LogP contribution < -0.4 is 0 Å². The molecule has 0 aromatic carbocycles. The van der Waals surface area contributed by atoms with Gasteiger partial charge in [-0.15, -0.1) is 0 Å². The van der Waals surface area contributed by atoms with E-state index in [1.165, 1.54) is 4.31 Å². The van der Waals surface area contributed by atoms with Crippen LogP contribution in [0.3, 0.4) is 0 Å². The average Bonchev–Trinajstić information content (AvgIpc) is 2.63. The molecule has 0 bridgehead atoms. The molecule has 0 spiro atoms. The Bertz CT molecular complexity index is 326. The highest BCUT2D eigenvalue weighted by molar-refractivity contribution is 7.89. The van der Waals surface area contributed by atoms with Crippen LogP contribution in [0.2, 0.25) is 0 Å². The summed E-state index contributed by atoms with van der Waals surface area (Å²) < 4.78 is 24.4. The molecule has 1 unspecified atom stereocenters. The number of rotatable bonds is 5. The number of hydrogen-bond acceptors (Lipinski definition) is 4. The van der Waals surface area contributed by atoms with Gasteiger partial charge in [0.15, 0.2) is 0 Å². The molecule has 1 saturated heterocycles. The highest BCUT2D eigenvalue weighted by Crippen LogP contribution is 2.19. The van der Waals surface area contributed by atoms with Crippen molar-refractivity contribution in [3.63, 3.8) is 0 Å². The van der Waals surface area contributed by atoms with Crippen LogP contribution in [-0.4, -0.2) is 54.4 Å². The summed E-state index contributed by atoms with van der Waals surface area (Å²) in [6.45, 7) is 0.663. The summed E-state index contributed by atoms with van der Waals surface area (Å²) in [5.74, 6) is -1.48. The van der Waals surface area contributed by atoms with Gasteiger partial charge in [-0.05, 0) is 12.3 Å². The van der Waals surface area contributed by atoms with Crippen LogP contribution in [0.1, 0.15) is 12.8 Å². The fourth-order valence-corrected chi connectivity index (χ4v) is 3.06. The lowest BCUT2D eigenvalue weighted by Crippen LogP contribution is -2.32. The number of aliphatic hydroxyl groups is 1. The van der Waals surface area contributed by atoms with Crippen molar-refractivity contribution in [2.24, 2.45) is 5.92 Å². The Balaban J connectivity index is 2.52. The largest absolute Gasteiger partial charge is 0.481 e. The molecule has 1 fully saturated rings. The van der Waals surface area contributed by atoms with E-state index in [0.717, 1.165) is 0 Å². The Morgan fingerprint density at radius 3 is 2.60 bits per heavy atom. The molecule has 6 nitrogen and oxygen atoms in total. The predicted molar refractivity (Wildman–Crippen MR) is 52.8 cm³/mol. The third-order valence-electron chi connectivity index (χ3n) is 2.47. The van der Waals surface area contributed by atoms with E-state index in [0.29, 0.717) is 19.5 Å². The van der Waals surface area contributed by atoms with Gasteiger partial charge in [-0.3, -0.25) is 4.79 Å². The van der Waals surface area contributed by atoms with E-state index in [2.05, 4.69) is 0 Å². The molecule has 15 heavy (non-hydrogen) atoms. The van der Waals surface area contributed by atoms with Crippen LogP contribution in [-0.2, 0) is 14.8 Å². The lowest BCUT2D eigenvalue weighted by atomic mass is 10.1. The summed E-state index contributed by atoms with van der Waals surface area (Å²) >= 11 is 0. The van der Waals surface area contributed by atoms with Crippen molar-refractivity contribution in [2.45, 2.75) is 12.8 Å². The van der Waals surface area contributed by atoms with Crippen molar-refractivity contribution < 1.29 is 23.4 Å². The Kier molecular flexibility index (Phi) is 4.06. The van der Waals surface area contributed by atoms with Crippen LogP contribution in [0.5, 0.6) is 0 Å². The summed E-state index contributed by atoms with van der Waals surface area (Å²) in [6, 6.07) is 0. The van der Waals surface area contributed by atoms with Crippen molar-refractivity contribution in [2.75, 3.05) is 25.4 Å². The molecule has 0 radical (unpaired) electrons. The van der Waals surface area contributed by atoms with Crippen LogP contribution in [0.15, 0.2) is 0 Å². The normalized spacial score (nSPS) is 23.1. The minimum absolute atomic E-state index is 0.00963. The summed E-state index contributed by atoms with van der Waals surface area (Å²) in [5, 5.41) is 17.2. The van der Waals surface area contributed by atoms with Crippen LogP contribution in [0.25, 0.3) is 0 Å². The highest BCUT2D eigenvalue weighted by atomic mass is 32.2. The minimum atomic E-state index is -3.46. The zero-order valence-electron chi connectivity index (χ0n) is 8.29. The number of carbonyl (C=O) groups is 1. The SMILES string of the molecule is O=C(O)CCS(=O)(=O)N1CCC(CO)C1. The Hall–Kier alpha value is -0.660. The first-order valence-electron chi connectivity index (χ1n) is 4.76. The molecule has 0 aromatic rings. The van der Waals surface area contributed by atoms with Crippen LogP contribution in [0.4, 0.5) is 0 Å². The van der Waals surface area contributed by atoms with Gasteiger partial charge in [0.1, 0.15) is 0 Å². The van der Waals surface area contributed by atoms with Gasteiger partial charge in [-0.25, -0.2) is 12.7 Å². The Labute approximate surface area is 88.6 Å². The summed E-state index contributed by atoms with van der Waals surface area (Å²) in [6.07, 6.45) is 0.269. The second-order valence-corrected chi connectivity index (χ2v) is 5.74. The zero-order valence-corrected chi connectivity index (χ0v) is 9.11. The van der Waals surface area contributed by atoms with Gasteiger partial charge in [-0.1, -0.05) is 0 Å². The number of carboxylic acid groups (broad SMARTS) is 1. The molecule has 2 N–H and O–H groups in total. The van der Waals surface area contributed by atoms with Crippen molar-refractivity contribution >= 4 is 16.0 Å². The van der Waals surface area contributed by atoms with E-state index >= 15 is 0 Å². The zero-order chi connectivity index (χ0) is 11.5. The molecule has 0 saturated carbocycles. The van der Waals surface area contributed by atoms with E-state index in [-0.39, 0.29) is 24.7 Å². The first kappa shape index (κ1) is 12.4.